The highest BCUT2D eigenvalue weighted by Crippen LogP contribution is 2.31. The van der Waals surface area contributed by atoms with E-state index in [2.05, 4.69) is 4.98 Å². The molecule has 0 saturated carbocycles. The zero-order valence-electron chi connectivity index (χ0n) is 16.9. The van der Waals surface area contributed by atoms with Gasteiger partial charge in [-0.3, -0.25) is 4.79 Å². The minimum Gasteiger partial charge on any atom is -0.507 e. The van der Waals surface area contributed by atoms with Gasteiger partial charge in [0.05, 0.1) is 10.6 Å². The minimum atomic E-state index is -0.877. The highest BCUT2D eigenvalue weighted by Gasteiger charge is 2.22. The van der Waals surface area contributed by atoms with Gasteiger partial charge in [0.2, 0.25) is 0 Å². The molecule has 0 aliphatic heterocycles. The van der Waals surface area contributed by atoms with Crippen molar-refractivity contribution < 1.29 is 23.4 Å². The summed E-state index contributed by atoms with van der Waals surface area (Å²) in [6.45, 7) is 6.91. The molecule has 1 N–H and O–H groups in total. The van der Waals surface area contributed by atoms with E-state index in [1.54, 1.807) is 13.0 Å². The number of ketones is 1. The second kappa shape index (κ2) is 8.62. The number of Topliss-reactive ketones (excluding diaryl/α,β-unsaturated/α-hetero) is 1. The maximum atomic E-state index is 13.0. The number of hydrogen-bond acceptors (Lipinski definition) is 7. The van der Waals surface area contributed by atoms with E-state index in [-0.39, 0.29) is 17.3 Å². The Balaban J connectivity index is 1.87. The second-order valence-electron chi connectivity index (χ2n) is 6.99. The summed E-state index contributed by atoms with van der Waals surface area (Å²) < 4.78 is 23.8. The lowest BCUT2D eigenvalue weighted by molar-refractivity contribution is 0.102. The van der Waals surface area contributed by atoms with Gasteiger partial charge in [0, 0.05) is 12.0 Å². The fraction of sp³-hybridized carbons (Fsp3) is 0.227. The average Bonchev–Trinajstić information content (AvgIpc) is 3.01. The van der Waals surface area contributed by atoms with E-state index < -0.39 is 22.7 Å². The van der Waals surface area contributed by atoms with Crippen LogP contribution >= 0.6 is 11.3 Å². The van der Waals surface area contributed by atoms with Gasteiger partial charge in [-0.1, -0.05) is 25.2 Å². The van der Waals surface area contributed by atoms with E-state index in [1.807, 2.05) is 13.8 Å². The topological polar surface area (TPSA) is 89.6 Å². The maximum absolute atomic E-state index is 13.0. The summed E-state index contributed by atoms with van der Waals surface area (Å²) in [7, 11) is 0. The number of aromatic hydroxyl groups is 1. The van der Waals surface area contributed by atoms with Crippen molar-refractivity contribution in [2.24, 2.45) is 0 Å². The SMILES string of the molecule is C/C(=C\c1sc(Oc2ccc(F)cc2)nc1C)C(=O)c1c(O)cc(C(C)C)oc1=O. The smallest absolute Gasteiger partial charge is 0.351 e. The molecule has 2 heterocycles. The minimum absolute atomic E-state index is 0.108. The van der Waals surface area contributed by atoms with Crippen molar-refractivity contribution in [3.05, 3.63) is 74.0 Å². The molecule has 0 saturated heterocycles. The van der Waals surface area contributed by atoms with Crippen molar-refractivity contribution in [2.45, 2.75) is 33.6 Å². The number of allylic oxidation sites excluding steroid dienone is 1. The maximum Gasteiger partial charge on any atom is 0.351 e. The van der Waals surface area contributed by atoms with Gasteiger partial charge in [0.1, 0.15) is 28.6 Å². The Labute approximate surface area is 176 Å². The van der Waals surface area contributed by atoms with Crippen LogP contribution < -0.4 is 10.4 Å². The van der Waals surface area contributed by atoms with Gasteiger partial charge in [-0.05, 0) is 49.8 Å². The molecule has 0 unspecified atom stereocenters. The van der Waals surface area contributed by atoms with E-state index in [9.17, 15) is 19.1 Å². The lowest BCUT2D eigenvalue weighted by atomic mass is 10.0. The third-order valence-corrected chi connectivity index (χ3v) is 5.27. The molecule has 1 aromatic carbocycles. The van der Waals surface area contributed by atoms with Crippen LogP contribution in [-0.2, 0) is 0 Å². The van der Waals surface area contributed by atoms with Crippen LogP contribution in [0, 0.1) is 12.7 Å². The third kappa shape index (κ3) is 4.65. The van der Waals surface area contributed by atoms with Crippen LogP contribution in [0.25, 0.3) is 6.08 Å². The fourth-order valence-electron chi connectivity index (χ4n) is 2.62. The number of thiazole rings is 1. The number of aromatic nitrogens is 1. The van der Waals surface area contributed by atoms with Crippen molar-refractivity contribution in [1.82, 2.24) is 4.98 Å². The lowest BCUT2D eigenvalue weighted by Crippen LogP contribution is -2.16. The first-order valence-corrected chi connectivity index (χ1v) is 9.98. The van der Waals surface area contributed by atoms with Crippen LogP contribution in [0.1, 0.15) is 53.4 Å². The molecule has 0 aliphatic rings. The molecule has 0 fully saturated rings. The Bertz CT molecular complexity index is 1180. The summed E-state index contributed by atoms with van der Waals surface area (Å²) in [5.41, 5.74) is -0.429. The van der Waals surface area contributed by atoms with E-state index in [0.29, 0.717) is 27.3 Å². The lowest BCUT2D eigenvalue weighted by Gasteiger charge is -2.07. The number of carbonyl (C=O) groups excluding carboxylic acids is 1. The molecule has 0 spiro atoms. The molecule has 156 valence electrons. The number of hydrogen-bond donors (Lipinski definition) is 1. The van der Waals surface area contributed by atoms with Gasteiger partial charge in [0.25, 0.3) is 5.19 Å². The number of benzene rings is 1. The van der Waals surface area contributed by atoms with Crippen molar-refractivity contribution in [3.63, 3.8) is 0 Å². The number of aryl methyl sites for hydroxylation is 1. The van der Waals surface area contributed by atoms with Crippen LogP contribution in [0.2, 0.25) is 0 Å². The van der Waals surface area contributed by atoms with E-state index >= 15 is 0 Å². The largest absolute Gasteiger partial charge is 0.507 e. The molecule has 0 atom stereocenters. The molecule has 8 heteroatoms. The van der Waals surface area contributed by atoms with Crippen molar-refractivity contribution in [2.75, 3.05) is 0 Å². The number of nitrogens with zero attached hydrogens (tertiary/aromatic N) is 1. The number of halogens is 1. The zero-order valence-corrected chi connectivity index (χ0v) is 17.7. The fourth-order valence-corrected chi connectivity index (χ4v) is 3.55. The molecule has 0 radical (unpaired) electrons. The molecule has 3 rings (SSSR count). The van der Waals surface area contributed by atoms with Crippen LogP contribution in [0.15, 0.2) is 45.1 Å². The monoisotopic (exact) mass is 429 g/mol. The Morgan fingerprint density at radius 1 is 1.30 bits per heavy atom. The Morgan fingerprint density at radius 3 is 2.57 bits per heavy atom. The predicted octanol–water partition coefficient (Wildman–Crippen LogP) is 5.45. The number of ether oxygens (including phenoxy) is 1. The second-order valence-corrected chi connectivity index (χ2v) is 7.99. The zero-order chi connectivity index (χ0) is 22.0. The van der Waals surface area contributed by atoms with Crippen LogP contribution in [-0.4, -0.2) is 15.9 Å². The third-order valence-electron chi connectivity index (χ3n) is 4.28. The Hall–Kier alpha value is -3.26. The summed E-state index contributed by atoms with van der Waals surface area (Å²) >= 11 is 1.19. The average molecular weight is 429 g/mol. The van der Waals surface area contributed by atoms with Gasteiger partial charge < -0.3 is 14.3 Å². The van der Waals surface area contributed by atoms with E-state index in [0.717, 1.165) is 0 Å². The Morgan fingerprint density at radius 2 is 1.97 bits per heavy atom. The first-order valence-electron chi connectivity index (χ1n) is 9.16. The molecular formula is C22H20FNO5S. The van der Waals surface area contributed by atoms with Gasteiger partial charge in [-0.15, -0.1) is 0 Å². The summed E-state index contributed by atoms with van der Waals surface area (Å²) in [5.74, 6) is -0.786. The standard InChI is InChI=1S/C22H20FNO5S/c1-11(2)17-10-16(25)19(21(27)29-17)20(26)12(3)9-18-13(4)24-22(30-18)28-15-7-5-14(23)6-8-15/h5-11,25H,1-4H3/b12-9+. The van der Waals surface area contributed by atoms with Gasteiger partial charge in [0.15, 0.2) is 5.78 Å². The van der Waals surface area contributed by atoms with Gasteiger partial charge >= 0.3 is 5.63 Å². The molecule has 0 aliphatic carbocycles. The quantitative estimate of drug-likeness (QED) is 0.414. The molecule has 0 amide bonds. The van der Waals surface area contributed by atoms with Crippen molar-refractivity contribution >= 4 is 23.2 Å². The molecule has 2 aromatic heterocycles. The first-order chi connectivity index (χ1) is 14.2. The summed E-state index contributed by atoms with van der Waals surface area (Å²) in [5, 5.41) is 10.5. The van der Waals surface area contributed by atoms with E-state index in [4.69, 9.17) is 9.15 Å². The molecule has 0 bridgehead atoms. The predicted molar refractivity (Wildman–Crippen MR) is 112 cm³/mol. The van der Waals surface area contributed by atoms with Crippen molar-refractivity contribution in [3.8, 4) is 16.7 Å². The summed E-state index contributed by atoms with van der Waals surface area (Å²) in [6.07, 6.45) is 1.57. The number of rotatable bonds is 6. The summed E-state index contributed by atoms with van der Waals surface area (Å²) in [4.78, 5) is 29.9. The summed E-state index contributed by atoms with van der Waals surface area (Å²) in [6, 6.07) is 6.82. The van der Waals surface area contributed by atoms with E-state index in [1.165, 1.54) is 48.6 Å². The molecule has 30 heavy (non-hydrogen) atoms. The molecule has 3 aromatic rings. The highest BCUT2D eigenvalue weighted by atomic mass is 32.1. The molecular weight excluding hydrogens is 409 g/mol. The van der Waals surface area contributed by atoms with Crippen LogP contribution in [0.5, 0.6) is 16.7 Å². The first kappa shape index (κ1) is 21.4. The van der Waals surface area contributed by atoms with Gasteiger partial charge in [-0.25, -0.2) is 14.2 Å². The van der Waals surface area contributed by atoms with Gasteiger partial charge in [-0.2, -0.15) is 0 Å². The molecule has 6 nitrogen and oxygen atoms in total. The number of carbonyl (C=O) groups is 1. The van der Waals surface area contributed by atoms with Crippen LogP contribution in [0.4, 0.5) is 4.39 Å². The van der Waals surface area contributed by atoms with Crippen molar-refractivity contribution in [1.29, 1.82) is 0 Å². The Kier molecular flexibility index (Phi) is 6.17. The normalized spacial score (nSPS) is 11.7. The highest BCUT2D eigenvalue weighted by molar-refractivity contribution is 7.14. The van der Waals surface area contributed by atoms with Crippen LogP contribution in [0.3, 0.4) is 0 Å².